The number of hydrogen-bond acceptors (Lipinski definition) is 3. The Morgan fingerprint density at radius 3 is 2.22 bits per heavy atom. The van der Waals surface area contributed by atoms with Crippen molar-refractivity contribution in [3.63, 3.8) is 0 Å². The molecule has 0 bridgehead atoms. The normalized spacial score (nSPS) is 14.0. The molecule has 1 N–H and O–H groups in total. The average Bonchev–Trinajstić information content (AvgIpc) is 2.40. The molecular weight excluding hydrogens is 373 g/mol. The summed E-state index contributed by atoms with van der Waals surface area (Å²) in [6.45, 7) is 10.8. The second kappa shape index (κ2) is 8.21. The topological polar surface area (TPSA) is 42.3 Å². The Kier molecular flexibility index (Phi) is 7.42. The van der Waals surface area contributed by atoms with E-state index in [1.807, 2.05) is 24.3 Å². The summed E-state index contributed by atoms with van der Waals surface area (Å²) < 4.78 is 9.72. The van der Waals surface area contributed by atoms with E-state index in [-0.39, 0.29) is 24.0 Å². The van der Waals surface area contributed by atoms with Crippen LogP contribution < -0.4 is 0 Å². The number of rotatable bonds is 5. The monoisotopic (exact) mass is 394 g/mol. The molecule has 0 fully saturated rings. The van der Waals surface area contributed by atoms with E-state index in [0.29, 0.717) is 0 Å². The van der Waals surface area contributed by atoms with Crippen molar-refractivity contribution in [3.8, 4) is 0 Å². The van der Waals surface area contributed by atoms with Crippen molar-refractivity contribution in [2.75, 3.05) is 0 Å². The summed E-state index contributed by atoms with van der Waals surface area (Å²) in [6.07, 6.45) is -0.0619. The molecule has 1 aromatic rings. The van der Waals surface area contributed by atoms with E-state index in [9.17, 15) is 0 Å². The highest BCUT2D eigenvalue weighted by atomic mass is 35.6. The van der Waals surface area contributed by atoms with Gasteiger partial charge < -0.3 is 9.16 Å². The van der Waals surface area contributed by atoms with E-state index in [1.165, 1.54) is 0 Å². The number of halogens is 3. The summed E-state index contributed by atoms with van der Waals surface area (Å²) in [4.78, 5) is 0. The third-order valence-corrected chi connectivity index (χ3v) is 4.33. The van der Waals surface area contributed by atoms with Crippen molar-refractivity contribution in [1.82, 2.24) is 0 Å². The van der Waals surface area contributed by atoms with Crippen LogP contribution in [-0.2, 0) is 15.8 Å². The number of hydrogen-bond donors (Lipinski definition) is 1. The minimum atomic E-state index is -1.85. The van der Waals surface area contributed by atoms with E-state index in [1.54, 1.807) is 0 Å². The van der Waals surface area contributed by atoms with Crippen LogP contribution in [0.4, 0.5) is 0 Å². The number of ether oxygens (including phenoxy) is 1. The molecule has 0 saturated heterocycles. The Bertz CT molecular complexity index is 539. The van der Waals surface area contributed by atoms with Gasteiger partial charge in [-0.1, -0.05) is 79.8 Å². The lowest BCUT2D eigenvalue weighted by atomic mass is 9.83. The quantitative estimate of drug-likeness (QED) is 0.291. The van der Waals surface area contributed by atoms with E-state index in [0.717, 1.165) is 11.1 Å². The van der Waals surface area contributed by atoms with Crippen LogP contribution in [0.25, 0.3) is 0 Å². The second-order valence-electron chi connectivity index (χ2n) is 6.59. The van der Waals surface area contributed by atoms with Gasteiger partial charge in [0.25, 0.3) is 3.79 Å². The number of nitrogens with one attached hydrogen (secondary N) is 1. The first-order valence-electron chi connectivity index (χ1n) is 7.26. The lowest BCUT2D eigenvalue weighted by Gasteiger charge is -2.34. The molecule has 0 aliphatic carbocycles. The van der Waals surface area contributed by atoms with E-state index < -0.39 is 12.8 Å². The fraction of sp³-hybridized carbons (Fsp3) is 0.562. The van der Waals surface area contributed by atoms with Gasteiger partial charge in [0, 0.05) is 0 Å². The van der Waals surface area contributed by atoms with E-state index >= 15 is 0 Å². The van der Waals surface area contributed by atoms with Crippen LogP contribution in [0.2, 0.25) is 13.1 Å². The maximum Gasteiger partial charge on any atom is 0.265 e. The Morgan fingerprint density at radius 2 is 1.74 bits per heavy atom. The van der Waals surface area contributed by atoms with Crippen molar-refractivity contribution in [1.29, 1.82) is 5.41 Å². The molecule has 1 radical (unpaired) electrons. The van der Waals surface area contributed by atoms with Gasteiger partial charge in [0.2, 0.25) is 14.9 Å². The summed E-state index contributed by atoms with van der Waals surface area (Å²) in [5.41, 5.74) is 1.90. The highest BCUT2D eigenvalue weighted by molar-refractivity contribution is 6.76. The van der Waals surface area contributed by atoms with Crippen molar-refractivity contribution in [2.45, 2.75) is 50.4 Å². The molecule has 1 aromatic carbocycles. The zero-order valence-electron chi connectivity index (χ0n) is 14.0. The number of alkyl halides is 3. The van der Waals surface area contributed by atoms with Gasteiger partial charge in [0.1, 0.15) is 6.61 Å². The summed E-state index contributed by atoms with van der Waals surface area (Å²) >= 11 is 17.0. The molecule has 1 atom stereocenters. The van der Waals surface area contributed by atoms with Crippen LogP contribution in [0.5, 0.6) is 0 Å². The Labute approximate surface area is 155 Å². The Hall–Kier alpha value is -0.263. The largest absolute Gasteiger partial charge is 0.473 e. The van der Waals surface area contributed by atoms with E-state index in [2.05, 4.69) is 33.9 Å². The van der Waals surface area contributed by atoms with Crippen molar-refractivity contribution in [3.05, 3.63) is 35.4 Å². The lowest BCUT2D eigenvalue weighted by molar-refractivity contribution is 0.0845. The molecule has 0 aliphatic heterocycles. The summed E-state index contributed by atoms with van der Waals surface area (Å²) in [6, 6.07) is 7.86. The predicted octanol–water partition coefficient (Wildman–Crippen LogP) is 5.91. The second-order valence-corrected chi connectivity index (χ2v) is 10.9. The minimum Gasteiger partial charge on any atom is -0.473 e. The molecule has 1 unspecified atom stereocenters. The van der Waals surface area contributed by atoms with E-state index in [4.69, 9.17) is 49.4 Å². The molecule has 23 heavy (non-hydrogen) atoms. The molecule has 0 aliphatic rings. The predicted molar refractivity (Wildman–Crippen MR) is 100 cm³/mol. The summed E-state index contributed by atoms with van der Waals surface area (Å²) in [5, 5.41) is 7.66. The van der Waals surface area contributed by atoms with Gasteiger partial charge in [-0.2, -0.15) is 0 Å². The molecule has 129 valence electrons. The van der Waals surface area contributed by atoms with Crippen molar-refractivity contribution >= 4 is 49.7 Å². The fourth-order valence-corrected chi connectivity index (χ4v) is 3.21. The molecule has 3 nitrogen and oxygen atoms in total. The van der Waals surface area contributed by atoms with Gasteiger partial charge in [0.15, 0.2) is 0 Å². The SMILES string of the molecule is C[Si](C)OC(c1ccccc1COC(=N)C(Cl)(Cl)Cl)C(C)(C)C. The molecule has 0 spiro atoms. The maximum absolute atomic E-state index is 7.66. The fourth-order valence-electron chi connectivity index (χ4n) is 2.10. The van der Waals surface area contributed by atoms with Crippen LogP contribution in [0.1, 0.15) is 38.0 Å². The first-order valence-corrected chi connectivity index (χ1v) is 10.8. The third-order valence-electron chi connectivity index (χ3n) is 3.11. The first kappa shape index (κ1) is 20.8. The van der Waals surface area contributed by atoms with Crippen LogP contribution in [0, 0.1) is 10.8 Å². The molecule has 0 heterocycles. The maximum atomic E-state index is 7.66. The van der Waals surface area contributed by atoms with Crippen molar-refractivity contribution in [2.24, 2.45) is 5.41 Å². The zero-order valence-corrected chi connectivity index (χ0v) is 17.3. The van der Waals surface area contributed by atoms with Gasteiger partial charge in [-0.15, -0.1) is 0 Å². The molecule has 1 rings (SSSR count). The zero-order chi connectivity index (χ0) is 17.8. The van der Waals surface area contributed by atoms with Crippen LogP contribution in [0.3, 0.4) is 0 Å². The smallest absolute Gasteiger partial charge is 0.265 e. The van der Waals surface area contributed by atoms with Gasteiger partial charge in [0.05, 0.1) is 6.10 Å². The Balaban J connectivity index is 3.05. The summed E-state index contributed by atoms with van der Waals surface area (Å²) in [7, 11) is -0.879. The van der Waals surface area contributed by atoms with Crippen molar-refractivity contribution < 1.29 is 9.16 Å². The van der Waals surface area contributed by atoms with Crippen LogP contribution >= 0.6 is 34.8 Å². The van der Waals surface area contributed by atoms with Crippen LogP contribution in [0.15, 0.2) is 24.3 Å². The molecular formula is C16H23Cl3NO2Si. The first-order chi connectivity index (χ1) is 10.4. The Morgan fingerprint density at radius 1 is 1.17 bits per heavy atom. The summed E-state index contributed by atoms with van der Waals surface area (Å²) in [5.74, 6) is -0.388. The lowest BCUT2D eigenvalue weighted by Crippen LogP contribution is -2.27. The molecule has 0 saturated carbocycles. The highest BCUT2D eigenvalue weighted by Crippen LogP contribution is 2.38. The number of benzene rings is 1. The average molecular weight is 396 g/mol. The van der Waals surface area contributed by atoms with Gasteiger partial charge in [-0.05, 0) is 29.6 Å². The minimum absolute atomic E-state index is 0.0619. The highest BCUT2D eigenvalue weighted by Gasteiger charge is 2.31. The molecule has 0 aromatic heterocycles. The third kappa shape index (κ3) is 6.63. The van der Waals surface area contributed by atoms with Gasteiger partial charge >= 0.3 is 0 Å². The standard InChI is InChI=1S/C16H23Cl3NO2Si/c1-15(2,3)13(22-23(4)5)12-9-7-6-8-11(12)10-21-14(20)16(17,18)19/h6-9,13,20H,10H2,1-5H3. The van der Waals surface area contributed by atoms with Gasteiger partial charge in [-0.25, -0.2) is 0 Å². The molecule has 0 amide bonds. The van der Waals surface area contributed by atoms with Gasteiger partial charge in [-0.3, -0.25) is 5.41 Å². The molecule has 7 heteroatoms. The van der Waals surface area contributed by atoms with Crippen LogP contribution in [-0.4, -0.2) is 18.7 Å².